The third kappa shape index (κ3) is 6.82. The number of hydrogen-bond acceptors (Lipinski definition) is 2. The van der Waals surface area contributed by atoms with Crippen LogP contribution in [-0.4, -0.2) is 38.0 Å². The van der Waals surface area contributed by atoms with E-state index >= 15 is 0 Å². The van der Waals surface area contributed by atoms with Gasteiger partial charge in [0.25, 0.3) is 0 Å². The largest absolute Gasteiger partial charge is 0.355 e. The normalized spacial score (nSPS) is 23.0. The summed E-state index contributed by atoms with van der Waals surface area (Å²) in [6.07, 6.45) is 6.40. The molecule has 0 spiro atoms. The molecule has 1 saturated carbocycles. The van der Waals surface area contributed by atoms with Crippen molar-refractivity contribution in [2.75, 3.05) is 20.1 Å². The molecule has 1 aliphatic carbocycles. The van der Waals surface area contributed by atoms with Crippen LogP contribution in [0.25, 0.3) is 0 Å². The first-order chi connectivity index (χ1) is 10.1. The fourth-order valence-electron chi connectivity index (χ4n) is 2.75. The standard InChI is InChI=1S/C16H32N4O/c1-5-13-7-6-8-14(11-13)20-16(17-4)19-10-9-18-15(21)12(2)3/h12-14H,5-11H2,1-4H3,(H,18,21)(H2,17,19,20). The molecular formula is C16H32N4O. The Kier molecular flexibility index (Phi) is 8.16. The first kappa shape index (κ1) is 17.8. The van der Waals surface area contributed by atoms with Crippen LogP contribution in [0.4, 0.5) is 0 Å². The summed E-state index contributed by atoms with van der Waals surface area (Å²) in [7, 11) is 1.79. The Morgan fingerprint density at radius 2 is 1.95 bits per heavy atom. The summed E-state index contributed by atoms with van der Waals surface area (Å²) in [5.74, 6) is 1.82. The molecule has 0 radical (unpaired) electrons. The van der Waals surface area contributed by atoms with Crippen LogP contribution in [0.15, 0.2) is 4.99 Å². The second-order valence-corrected chi connectivity index (χ2v) is 6.23. The summed E-state index contributed by atoms with van der Waals surface area (Å²) >= 11 is 0. The van der Waals surface area contributed by atoms with Gasteiger partial charge in [-0.05, 0) is 18.8 Å². The third-order valence-corrected chi connectivity index (χ3v) is 4.17. The molecule has 0 saturated heterocycles. The quantitative estimate of drug-likeness (QED) is 0.398. The van der Waals surface area contributed by atoms with Gasteiger partial charge in [0.1, 0.15) is 0 Å². The van der Waals surface area contributed by atoms with Gasteiger partial charge in [0.15, 0.2) is 5.96 Å². The van der Waals surface area contributed by atoms with Crippen molar-refractivity contribution in [3.05, 3.63) is 0 Å². The lowest BCUT2D eigenvalue weighted by Crippen LogP contribution is -2.47. The van der Waals surface area contributed by atoms with E-state index in [1.165, 1.54) is 32.1 Å². The Morgan fingerprint density at radius 3 is 2.57 bits per heavy atom. The number of carbonyl (C=O) groups excluding carboxylic acids is 1. The lowest BCUT2D eigenvalue weighted by atomic mass is 9.84. The van der Waals surface area contributed by atoms with Gasteiger partial charge in [0.05, 0.1) is 0 Å². The van der Waals surface area contributed by atoms with Crippen LogP contribution in [-0.2, 0) is 4.79 Å². The molecule has 1 fully saturated rings. The Balaban J connectivity index is 2.24. The topological polar surface area (TPSA) is 65.5 Å². The summed E-state index contributed by atoms with van der Waals surface area (Å²) < 4.78 is 0. The molecule has 2 atom stereocenters. The summed E-state index contributed by atoms with van der Waals surface area (Å²) in [5, 5.41) is 9.67. The van der Waals surface area contributed by atoms with Gasteiger partial charge in [0.2, 0.25) is 5.91 Å². The number of amides is 1. The number of nitrogens with zero attached hydrogens (tertiary/aromatic N) is 1. The minimum absolute atomic E-state index is 0.0376. The molecule has 21 heavy (non-hydrogen) atoms. The molecule has 0 aromatic heterocycles. The number of aliphatic imine (C=N–C) groups is 1. The third-order valence-electron chi connectivity index (χ3n) is 4.17. The molecule has 0 bridgehead atoms. The minimum atomic E-state index is 0.0376. The molecule has 3 N–H and O–H groups in total. The Hall–Kier alpha value is -1.26. The maximum Gasteiger partial charge on any atom is 0.222 e. The predicted octanol–water partition coefficient (Wildman–Crippen LogP) is 1.89. The first-order valence-corrected chi connectivity index (χ1v) is 8.31. The molecular weight excluding hydrogens is 264 g/mol. The van der Waals surface area contributed by atoms with Gasteiger partial charge in [-0.15, -0.1) is 0 Å². The van der Waals surface area contributed by atoms with Crippen LogP contribution in [0.1, 0.15) is 52.9 Å². The number of rotatable bonds is 6. The van der Waals surface area contributed by atoms with Gasteiger partial charge in [-0.1, -0.05) is 40.0 Å². The second kappa shape index (κ2) is 9.64. The lowest BCUT2D eigenvalue weighted by molar-refractivity contribution is -0.123. The van der Waals surface area contributed by atoms with Gasteiger partial charge < -0.3 is 16.0 Å². The van der Waals surface area contributed by atoms with Crippen LogP contribution in [0, 0.1) is 11.8 Å². The molecule has 0 aromatic rings. The van der Waals surface area contributed by atoms with E-state index < -0.39 is 0 Å². The van der Waals surface area contributed by atoms with Crippen molar-refractivity contribution in [1.82, 2.24) is 16.0 Å². The monoisotopic (exact) mass is 296 g/mol. The van der Waals surface area contributed by atoms with Crippen molar-refractivity contribution in [2.24, 2.45) is 16.8 Å². The predicted molar refractivity (Wildman–Crippen MR) is 88.4 cm³/mol. The summed E-state index contributed by atoms with van der Waals surface area (Å²) in [6.45, 7) is 7.40. The smallest absolute Gasteiger partial charge is 0.222 e. The van der Waals surface area contributed by atoms with Gasteiger partial charge >= 0.3 is 0 Å². The highest BCUT2D eigenvalue weighted by Crippen LogP contribution is 2.26. The Bertz CT molecular complexity index is 341. The van der Waals surface area contributed by atoms with E-state index in [-0.39, 0.29) is 11.8 Å². The highest BCUT2D eigenvalue weighted by Gasteiger charge is 2.21. The van der Waals surface area contributed by atoms with E-state index in [1.807, 2.05) is 13.8 Å². The van der Waals surface area contributed by atoms with Crippen molar-refractivity contribution in [3.63, 3.8) is 0 Å². The highest BCUT2D eigenvalue weighted by atomic mass is 16.1. The molecule has 122 valence electrons. The average molecular weight is 296 g/mol. The Morgan fingerprint density at radius 1 is 1.24 bits per heavy atom. The molecule has 5 nitrogen and oxygen atoms in total. The molecule has 0 aliphatic heterocycles. The number of hydrogen-bond donors (Lipinski definition) is 3. The SMILES string of the molecule is CCC1CCCC(NC(=NC)NCCNC(=O)C(C)C)C1. The van der Waals surface area contributed by atoms with Gasteiger partial charge in [-0.3, -0.25) is 9.79 Å². The van der Waals surface area contributed by atoms with Crippen molar-refractivity contribution in [3.8, 4) is 0 Å². The van der Waals surface area contributed by atoms with Crippen LogP contribution >= 0.6 is 0 Å². The van der Waals surface area contributed by atoms with Crippen molar-refractivity contribution in [1.29, 1.82) is 0 Å². The second-order valence-electron chi connectivity index (χ2n) is 6.23. The average Bonchev–Trinajstić information content (AvgIpc) is 2.50. The molecule has 0 aromatic carbocycles. The summed E-state index contributed by atoms with van der Waals surface area (Å²) in [4.78, 5) is 15.7. The van der Waals surface area contributed by atoms with E-state index in [4.69, 9.17) is 0 Å². The highest BCUT2D eigenvalue weighted by molar-refractivity contribution is 5.80. The molecule has 2 unspecified atom stereocenters. The van der Waals surface area contributed by atoms with Gasteiger partial charge in [0, 0.05) is 32.1 Å². The zero-order valence-electron chi connectivity index (χ0n) is 14.0. The Labute approximate surface area is 129 Å². The first-order valence-electron chi connectivity index (χ1n) is 8.31. The van der Waals surface area contributed by atoms with Gasteiger partial charge in [-0.2, -0.15) is 0 Å². The number of nitrogens with one attached hydrogen (secondary N) is 3. The number of guanidine groups is 1. The van der Waals surface area contributed by atoms with Crippen molar-refractivity contribution in [2.45, 2.75) is 58.9 Å². The lowest BCUT2D eigenvalue weighted by Gasteiger charge is -2.30. The van der Waals surface area contributed by atoms with E-state index in [0.29, 0.717) is 19.1 Å². The van der Waals surface area contributed by atoms with Crippen LogP contribution in [0.5, 0.6) is 0 Å². The fraction of sp³-hybridized carbons (Fsp3) is 0.875. The maximum absolute atomic E-state index is 11.5. The molecule has 5 heteroatoms. The molecule has 1 rings (SSSR count). The van der Waals surface area contributed by atoms with E-state index in [2.05, 4.69) is 27.9 Å². The summed E-state index contributed by atoms with van der Waals surface area (Å²) in [5.41, 5.74) is 0. The van der Waals surface area contributed by atoms with Gasteiger partial charge in [-0.25, -0.2) is 0 Å². The van der Waals surface area contributed by atoms with Crippen LogP contribution in [0.3, 0.4) is 0 Å². The minimum Gasteiger partial charge on any atom is -0.355 e. The van der Waals surface area contributed by atoms with E-state index in [9.17, 15) is 4.79 Å². The van der Waals surface area contributed by atoms with E-state index in [1.54, 1.807) is 7.05 Å². The zero-order valence-corrected chi connectivity index (χ0v) is 14.0. The maximum atomic E-state index is 11.5. The van der Waals surface area contributed by atoms with E-state index in [0.717, 1.165) is 11.9 Å². The molecule has 1 amide bonds. The zero-order chi connectivity index (χ0) is 15.7. The van der Waals surface area contributed by atoms with Crippen molar-refractivity contribution >= 4 is 11.9 Å². The van der Waals surface area contributed by atoms with Crippen LogP contribution < -0.4 is 16.0 Å². The fourth-order valence-corrected chi connectivity index (χ4v) is 2.75. The number of carbonyl (C=O) groups is 1. The van der Waals surface area contributed by atoms with Crippen LogP contribution in [0.2, 0.25) is 0 Å². The molecule has 1 aliphatic rings. The summed E-state index contributed by atoms with van der Waals surface area (Å²) in [6, 6.07) is 0.528. The molecule has 0 heterocycles. The van der Waals surface area contributed by atoms with Crippen molar-refractivity contribution < 1.29 is 4.79 Å².